The minimum atomic E-state index is -0.691. The zero-order valence-electron chi connectivity index (χ0n) is 17.5. The summed E-state index contributed by atoms with van der Waals surface area (Å²) in [4.78, 5) is 19.4. The van der Waals surface area contributed by atoms with Crippen LogP contribution in [-0.4, -0.2) is 33.3 Å². The molecular formula is C22H24N6O2. The summed E-state index contributed by atoms with van der Waals surface area (Å²) in [5.74, 6) is 1.55. The number of hydrogen-bond donors (Lipinski definition) is 1. The molecule has 1 amide bonds. The van der Waals surface area contributed by atoms with Crippen LogP contribution in [0.3, 0.4) is 0 Å². The lowest BCUT2D eigenvalue weighted by atomic mass is 10.2. The minimum Gasteiger partial charge on any atom is -0.443 e. The van der Waals surface area contributed by atoms with Crippen molar-refractivity contribution in [2.75, 3.05) is 17.3 Å². The van der Waals surface area contributed by atoms with E-state index in [0.29, 0.717) is 34.5 Å². The number of hydrogen-bond acceptors (Lipinski definition) is 6. The van der Waals surface area contributed by atoms with Crippen molar-refractivity contribution in [3.8, 4) is 6.07 Å². The third-order valence-corrected chi connectivity index (χ3v) is 4.79. The molecule has 2 heterocycles. The van der Waals surface area contributed by atoms with Crippen LogP contribution in [0.4, 0.5) is 22.1 Å². The molecule has 1 saturated carbocycles. The van der Waals surface area contributed by atoms with Gasteiger partial charge in [-0.2, -0.15) is 14.9 Å². The average molecular weight is 404 g/mol. The van der Waals surface area contributed by atoms with E-state index in [9.17, 15) is 10.1 Å². The molecule has 0 spiro atoms. The molecule has 0 aliphatic heterocycles. The minimum absolute atomic E-state index is 0.444. The Labute approximate surface area is 175 Å². The summed E-state index contributed by atoms with van der Waals surface area (Å²) in [6.07, 6.45) is 3.49. The maximum absolute atomic E-state index is 13.3. The van der Waals surface area contributed by atoms with Crippen molar-refractivity contribution in [2.24, 2.45) is 0 Å². The Hall–Kier alpha value is -3.60. The van der Waals surface area contributed by atoms with Crippen LogP contribution in [0.5, 0.6) is 0 Å². The quantitative estimate of drug-likeness (QED) is 0.683. The molecule has 30 heavy (non-hydrogen) atoms. The number of aromatic nitrogens is 3. The van der Waals surface area contributed by atoms with Crippen LogP contribution in [0.1, 0.15) is 50.7 Å². The van der Waals surface area contributed by atoms with Crippen molar-refractivity contribution >= 4 is 29.1 Å². The number of anilines is 3. The zero-order valence-corrected chi connectivity index (χ0v) is 17.5. The molecule has 1 aromatic carbocycles. The number of nitriles is 1. The molecule has 1 aliphatic carbocycles. The van der Waals surface area contributed by atoms with Gasteiger partial charge in [0.15, 0.2) is 5.65 Å². The highest BCUT2D eigenvalue weighted by atomic mass is 16.6. The second-order valence-electron chi connectivity index (χ2n) is 8.34. The fourth-order valence-corrected chi connectivity index (χ4v) is 3.29. The summed E-state index contributed by atoms with van der Waals surface area (Å²) < 4.78 is 7.36. The third-order valence-electron chi connectivity index (χ3n) is 4.79. The van der Waals surface area contributed by atoms with Crippen molar-refractivity contribution in [1.29, 1.82) is 5.26 Å². The van der Waals surface area contributed by atoms with Crippen molar-refractivity contribution in [3.63, 3.8) is 0 Å². The first kappa shape index (κ1) is 19.7. The van der Waals surface area contributed by atoms with Gasteiger partial charge in [-0.25, -0.2) is 14.7 Å². The van der Waals surface area contributed by atoms with E-state index in [-0.39, 0.29) is 0 Å². The summed E-state index contributed by atoms with van der Waals surface area (Å²) in [7, 11) is 1.78. The van der Waals surface area contributed by atoms with E-state index in [4.69, 9.17) is 4.74 Å². The van der Waals surface area contributed by atoms with Crippen LogP contribution < -0.4 is 10.2 Å². The fourth-order valence-electron chi connectivity index (χ4n) is 3.29. The van der Waals surface area contributed by atoms with Gasteiger partial charge < -0.3 is 10.1 Å². The molecule has 0 atom stereocenters. The van der Waals surface area contributed by atoms with E-state index in [1.54, 1.807) is 41.9 Å². The lowest BCUT2D eigenvalue weighted by molar-refractivity contribution is 0.0597. The molecule has 4 rings (SSSR count). The number of nitrogens with zero attached hydrogens (tertiary/aromatic N) is 5. The van der Waals surface area contributed by atoms with Gasteiger partial charge in [-0.05, 0) is 57.7 Å². The van der Waals surface area contributed by atoms with Gasteiger partial charge in [0.1, 0.15) is 17.2 Å². The summed E-state index contributed by atoms with van der Waals surface area (Å²) in [6.45, 7) is 5.44. The van der Waals surface area contributed by atoms with E-state index in [1.807, 2.05) is 27.0 Å². The standard InChI is InChI=1S/C22H24N6O2/c1-22(2,3)30-21(29)27(16-7-5-6-14(10-16)12-23)19-11-18(24-4)26-20-17(15-8-9-15)13-25-28(19)20/h5-7,10-11,13,15H,8-9H2,1-4H3,(H,24,26). The van der Waals surface area contributed by atoms with Gasteiger partial charge in [-0.15, -0.1) is 0 Å². The molecule has 1 aliphatic rings. The largest absolute Gasteiger partial charge is 0.443 e. The number of amides is 1. The Morgan fingerprint density at radius 1 is 1.33 bits per heavy atom. The molecule has 0 bridgehead atoms. The number of ether oxygens (including phenoxy) is 1. The lowest BCUT2D eigenvalue weighted by Gasteiger charge is -2.28. The van der Waals surface area contributed by atoms with Gasteiger partial charge in [-0.1, -0.05) is 6.07 Å². The van der Waals surface area contributed by atoms with Gasteiger partial charge in [-0.3, -0.25) is 0 Å². The van der Waals surface area contributed by atoms with Gasteiger partial charge in [0, 0.05) is 18.7 Å². The number of carbonyl (C=O) groups excluding carboxylic acids is 1. The topological polar surface area (TPSA) is 95.6 Å². The van der Waals surface area contributed by atoms with Crippen LogP contribution in [0.25, 0.3) is 5.65 Å². The van der Waals surface area contributed by atoms with Crippen LogP contribution in [-0.2, 0) is 4.74 Å². The molecule has 2 aromatic heterocycles. The van der Waals surface area contributed by atoms with Gasteiger partial charge in [0.25, 0.3) is 0 Å². The number of carbonyl (C=O) groups is 1. The molecule has 0 unspecified atom stereocenters. The molecule has 154 valence electrons. The maximum Gasteiger partial charge on any atom is 0.420 e. The molecule has 8 heteroatoms. The molecular weight excluding hydrogens is 380 g/mol. The first-order valence-corrected chi connectivity index (χ1v) is 9.90. The number of benzene rings is 1. The third kappa shape index (κ3) is 3.79. The van der Waals surface area contributed by atoms with E-state index in [1.165, 1.54) is 4.90 Å². The predicted octanol–water partition coefficient (Wildman–Crippen LogP) is 4.59. The molecule has 1 N–H and O–H groups in total. The zero-order chi connectivity index (χ0) is 21.5. The van der Waals surface area contributed by atoms with Crippen molar-refractivity contribution in [2.45, 2.75) is 45.1 Å². The van der Waals surface area contributed by atoms with Crippen LogP contribution in [0, 0.1) is 11.3 Å². The van der Waals surface area contributed by atoms with Crippen molar-refractivity contribution in [3.05, 3.63) is 47.7 Å². The van der Waals surface area contributed by atoms with Gasteiger partial charge in [0.05, 0.1) is 23.5 Å². The van der Waals surface area contributed by atoms with Crippen molar-refractivity contribution in [1.82, 2.24) is 14.6 Å². The van der Waals surface area contributed by atoms with Crippen molar-refractivity contribution < 1.29 is 9.53 Å². The average Bonchev–Trinajstić information content (AvgIpc) is 3.45. The van der Waals surface area contributed by atoms with E-state index >= 15 is 0 Å². The van der Waals surface area contributed by atoms with Crippen LogP contribution >= 0.6 is 0 Å². The second kappa shape index (κ2) is 7.34. The highest BCUT2D eigenvalue weighted by molar-refractivity contribution is 5.96. The molecule has 3 aromatic rings. The summed E-state index contributed by atoms with van der Waals surface area (Å²) in [6, 6.07) is 10.7. The Morgan fingerprint density at radius 2 is 2.10 bits per heavy atom. The Kier molecular flexibility index (Phi) is 4.82. The summed E-state index contributed by atoms with van der Waals surface area (Å²) in [5.41, 5.74) is 2.05. The first-order chi connectivity index (χ1) is 14.3. The lowest BCUT2D eigenvalue weighted by Crippen LogP contribution is -2.35. The molecule has 0 radical (unpaired) electrons. The van der Waals surface area contributed by atoms with Gasteiger partial charge >= 0.3 is 6.09 Å². The highest BCUT2D eigenvalue weighted by Crippen LogP contribution is 2.42. The summed E-state index contributed by atoms with van der Waals surface area (Å²) >= 11 is 0. The monoisotopic (exact) mass is 404 g/mol. The summed E-state index contributed by atoms with van der Waals surface area (Å²) in [5, 5.41) is 16.9. The predicted molar refractivity (Wildman–Crippen MR) is 114 cm³/mol. The van der Waals surface area contributed by atoms with Gasteiger partial charge in [0.2, 0.25) is 0 Å². The normalized spacial score (nSPS) is 13.7. The van der Waals surface area contributed by atoms with E-state index in [0.717, 1.165) is 18.4 Å². The van der Waals surface area contributed by atoms with Crippen LogP contribution in [0.15, 0.2) is 36.5 Å². The Balaban J connectivity index is 1.93. The maximum atomic E-state index is 13.3. The second-order valence-corrected chi connectivity index (χ2v) is 8.34. The van der Waals surface area contributed by atoms with E-state index < -0.39 is 11.7 Å². The molecule has 0 saturated heterocycles. The first-order valence-electron chi connectivity index (χ1n) is 9.90. The number of rotatable bonds is 4. The fraction of sp³-hybridized carbons (Fsp3) is 0.364. The number of nitrogens with one attached hydrogen (secondary N) is 1. The Morgan fingerprint density at radius 3 is 2.73 bits per heavy atom. The smallest absolute Gasteiger partial charge is 0.420 e. The SMILES string of the molecule is CNc1cc(N(C(=O)OC(C)(C)C)c2cccc(C#N)c2)n2ncc(C3CC3)c2n1. The Bertz CT molecular complexity index is 1150. The highest BCUT2D eigenvalue weighted by Gasteiger charge is 2.31. The number of fused-ring (bicyclic) bond motifs is 1. The molecule has 1 fully saturated rings. The van der Waals surface area contributed by atoms with E-state index in [2.05, 4.69) is 21.5 Å². The molecule has 8 nitrogen and oxygen atoms in total. The van der Waals surface area contributed by atoms with Crippen LogP contribution in [0.2, 0.25) is 0 Å².